The monoisotopic (exact) mass is 255 g/mol. The van der Waals surface area contributed by atoms with E-state index in [1.807, 2.05) is 13.8 Å². The molecule has 0 bridgehead atoms. The van der Waals surface area contributed by atoms with E-state index in [-0.39, 0.29) is 17.7 Å². The van der Waals surface area contributed by atoms with E-state index in [2.05, 4.69) is 9.97 Å². The second kappa shape index (κ2) is 5.72. The molecule has 4 N–H and O–H groups in total. The molecular weight excluding hydrogens is 238 g/mol. The van der Waals surface area contributed by atoms with E-state index >= 15 is 0 Å². The first-order valence-electron chi connectivity index (χ1n) is 5.18. The molecule has 7 heteroatoms. The fourth-order valence-corrected chi connectivity index (χ4v) is 1.84. The van der Waals surface area contributed by atoms with Crippen molar-refractivity contribution in [3.8, 4) is 0 Å². The molecule has 1 rings (SSSR count). The third kappa shape index (κ3) is 4.10. The third-order valence-corrected chi connectivity index (χ3v) is 3.07. The van der Waals surface area contributed by atoms with Gasteiger partial charge < -0.3 is 16.4 Å². The zero-order valence-corrected chi connectivity index (χ0v) is 11.0. The summed E-state index contributed by atoms with van der Waals surface area (Å²) in [6.45, 7) is 3.91. The topological polar surface area (TPSA) is 98.1 Å². The molecule has 0 aliphatic rings. The normalized spacial score (nSPS) is 10.6. The Morgan fingerprint density at radius 3 is 2.41 bits per heavy atom. The molecule has 0 saturated carbocycles. The smallest absolute Gasteiger partial charge is 0.233 e. The molecule has 1 heterocycles. The molecule has 0 aliphatic heterocycles. The predicted molar refractivity (Wildman–Crippen MR) is 69.5 cm³/mol. The maximum Gasteiger partial charge on any atom is 0.233 e. The van der Waals surface area contributed by atoms with Crippen molar-refractivity contribution < 1.29 is 4.79 Å². The van der Waals surface area contributed by atoms with Gasteiger partial charge >= 0.3 is 0 Å². The number of rotatable bonds is 4. The summed E-state index contributed by atoms with van der Waals surface area (Å²) in [6.07, 6.45) is 0. The van der Waals surface area contributed by atoms with Crippen molar-refractivity contribution in [1.82, 2.24) is 14.9 Å². The summed E-state index contributed by atoms with van der Waals surface area (Å²) in [5.74, 6) is 0.918. The van der Waals surface area contributed by atoms with Crippen molar-refractivity contribution in [2.75, 3.05) is 24.3 Å². The minimum atomic E-state index is 0.0228. The van der Waals surface area contributed by atoms with Gasteiger partial charge in [0.05, 0.1) is 5.75 Å². The van der Waals surface area contributed by atoms with Crippen LogP contribution in [0.2, 0.25) is 0 Å². The summed E-state index contributed by atoms with van der Waals surface area (Å²) < 4.78 is 0. The lowest BCUT2D eigenvalue weighted by molar-refractivity contribution is -0.128. The van der Waals surface area contributed by atoms with Crippen molar-refractivity contribution in [3.63, 3.8) is 0 Å². The van der Waals surface area contributed by atoms with Crippen LogP contribution in [0.1, 0.15) is 13.8 Å². The highest BCUT2D eigenvalue weighted by Gasteiger charge is 2.13. The minimum Gasteiger partial charge on any atom is -0.383 e. The highest BCUT2D eigenvalue weighted by Crippen LogP contribution is 2.16. The molecule has 1 amide bonds. The van der Waals surface area contributed by atoms with Crippen molar-refractivity contribution in [1.29, 1.82) is 0 Å². The molecule has 0 aromatic carbocycles. The van der Waals surface area contributed by atoms with Gasteiger partial charge in [0.25, 0.3) is 0 Å². The molecule has 17 heavy (non-hydrogen) atoms. The van der Waals surface area contributed by atoms with Gasteiger partial charge in [0.1, 0.15) is 11.6 Å². The Morgan fingerprint density at radius 2 is 1.94 bits per heavy atom. The number of carbonyl (C=O) groups is 1. The standard InChI is InChI=1S/C10H17N5OS/c1-6(2)15(3)9(16)5-17-10-13-7(11)4-8(12)14-10/h4,6H,5H2,1-3H3,(H4,11,12,13,14). The van der Waals surface area contributed by atoms with Crippen LogP contribution < -0.4 is 11.5 Å². The minimum absolute atomic E-state index is 0.0228. The van der Waals surface area contributed by atoms with Gasteiger partial charge in [-0.1, -0.05) is 11.8 Å². The molecule has 94 valence electrons. The number of nitrogens with two attached hydrogens (primary N) is 2. The number of hydrogen-bond acceptors (Lipinski definition) is 6. The van der Waals surface area contributed by atoms with E-state index in [9.17, 15) is 4.79 Å². The van der Waals surface area contributed by atoms with Gasteiger partial charge in [0.15, 0.2) is 5.16 Å². The summed E-state index contributed by atoms with van der Waals surface area (Å²) in [6, 6.07) is 1.65. The maximum atomic E-state index is 11.7. The molecule has 0 saturated heterocycles. The van der Waals surface area contributed by atoms with E-state index in [1.165, 1.54) is 17.8 Å². The van der Waals surface area contributed by atoms with E-state index < -0.39 is 0 Å². The number of anilines is 2. The zero-order chi connectivity index (χ0) is 13.0. The number of thioether (sulfide) groups is 1. The van der Waals surface area contributed by atoms with Crippen LogP contribution in [0, 0.1) is 0 Å². The number of carbonyl (C=O) groups excluding carboxylic acids is 1. The summed E-state index contributed by atoms with van der Waals surface area (Å²) in [5, 5.41) is 0.424. The zero-order valence-electron chi connectivity index (χ0n) is 10.2. The highest BCUT2D eigenvalue weighted by molar-refractivity contribution is 7.99. The second-order valence-electron chi connectivity index (χ2n) is 3.89. The number of hydrogen-bond donors (Lipinski definition) is 2. The summed E-state index contributed by atoms with van der Waals surface area (Å²) in [7, 11) is 1.77. The van der Waals surface area contributed by atoms with Crippen LogP contribution in [0.25, 0.3) is 0 Å². The van der Waals surface area contributed by atoms with Crippen molar-refractivity contribution in [2.45, 2.75) is 25.0 Å². The van der Waals surface area contributed by atoms with Crippen LogP contribution in [0.3, 0.4) is 0 Å². The van der Waals surface area contributed by atoms with Crippen LogP contribution in [-0.4, -0.2) is 39.6 Å². The maximum absolute atomic E-state index is 11.7. The lowest BCUT2D eigenvalue weighted by Crippen LogP contribution is -2.34. The molecular formula is C10H17N5OS. The number of nitrogens with zero attached hydrogens (tertiary/aromatic N) is 3. The van der Waals surface area contributed by atoms with Crippen LogP contribution in [0.15, 0.2) is 11.2 Å². The highest BCUT2D eigenvalue weighted by atomic mass is 32.2. The summed E-state index contributed by atoms with van der Waals surface area (Å²) >= 11 is 1.23. The van der Waals surface area contributed by atoms with Crippen LogP contribution >= 0.6 is 11.8 Å². The van der Waals surface area contributed by atoms with Crippen molar-refractivity contribution in [2.24, 2.45) is 0 Å². The Kier molecular flexibility index (Phi) is 4.56. The van der Waals surface area contributed by atoms with E-state index in [1.54, 1.807) is 11.9 Å². The molecule has 0 radical (unpaired) electrons. The molecule has 0 unspecified atom stereocenters. The van der Waals surface area contributed by atoms with Gasteiger partial charge in [-0.3, -0.25) is 4.79 Å². The third-order valence-electron chi connectivity index (χ3n) is 2.24. The van der Waals surface area contributed by atoms with Crippen LogP contribution in [0.5, 0.6) is 0 Å². The molecule has 0 atom stereocenters. The first kappa shape index (κ1) is 13.6. The Hall–Kier alpha value is -1.50. The first-order chi connectivity index (χ1) is 7.90. The van der Waals surface area contributed by atoms with E-state index in [4.69, 9.17) is 11.5 Å². The molecule has 0 aliphatic carbocycles. The van der Waals surface area contributed by atoms with Gasteiger partial charge in [-0.25, -0.2) is 9.97 Å². The quantitative estimate of drug-likeness (QED) is 0.604. The molecule has 0 fully saturated rings. The van der Waals surface area contributed by atoms with E-state index in [0.717, 1.165) is 0 Å². The number of aromatic nitrogens is 2. The fourth-order valence-electron chi connectivity index (χ4n) is 1.04. The molecule has 0 spiro atoms. The van der Waals surface area contributed by atoms with Crippen LogP contribution in [0.4, 0.5) is 11.6 Å². The number of amides is 1. The van der Waals surface area contributed by atoms with Crippen molar-refractivity contribution in [3.05, 3.63) is 6.07 Å². The average molecular weight is 255 g/mol. The lowest BCUT2D eigenvalue weighted by Gasteiger charge is -2.20. The largest absolute Gasteiger partial charge is 0.383 e. The summed E-state index contributed by atoms with van der Waals surface area (Å²) in [5.41, 5.74) is 11.1. The van der Waals surface area contributed by atoms with Crippen LogP contribution in [-0.2, 0) is 4.79 Å². The fraction of sp³-hybridized carbons (Fsp3) is 0.500. The van der Waals surface area contributed by atoms with Gasteiger partial charge in [0, 0.05) is 19.2 Å². The Balaban J connectivity index is 2.58. The summed E-state index contributed by atoms with van der Waals surface area (Å²) in [4.78, 5) is 21.4. The Morgan fingerprint density at radius 1 is 1.41 bits per heavy atom. The van der Waals surface area contributed by atoms with Crippen molar-refractivity contribution >= 4 is 29.3 Å². The predicted octanol–water partition coefficient (Wildman–Crippen LogP) is 0.600. The van der Waals surface area contributed by atoms with Gasteiger partial charge in [-0.15, -0.1) is 0 Å². The molecule has 1 aromatic heterocycles. The van der Waals surface area contributed by atoms with Gasteiger partial charge in [-0.2, -0.15) is 0 Å². The molecule has 6 nitrogen and oxygen atoms in total. The Bertz CT molecular complexity index is 389. The van der Waals surface area contributed by atoms with Gasteiger partial charge in [0.2, 0.25) is 5.91 Å². The SMILES string of the molecule is CC(C)N(C)C(=O)CSc1nc(N)cc(N)n1. The first-order valence-corrected chi connectivity index (χ1v) is 6.17. The second-order valence-corrected chi connectivity index (χ2v) is 4.83. The Labute approximate surface area is 105 Å². The molecule has 1 aromatic rings. The lowest BCUT2D eigenvalue weighted by atomic mass is 10.3. The number of nitrogen functional groups attached to an aromatic ring is 2. The van der Waals surface area contributed by atoms with E-state index in [0.29, 0.717) is 16.8 Å². The van der Waals surface area contributed by atoms with Gasteiger partial charge in [-0.05, 0) is 13.8 Å². The average Bonchev–Trinajstić information content (AvgIpc) is 2.23.